The van der Waals surface area contributed by atoms with Gasteiger partial charge >= 0.3 is 17.9 Å². The third-order valence-corrected chi connectivity index (χ3v) is 12.5. The summed E-state index contributed by atoms with van der Waals surface area (Å²) in [4.78, 5) is 38.2. The van der Waals surface area contributed by atoms with Crippen LogP contribution in [0.15, 0.2) is 109 Å². The van der Waals surface area contributed by atoms with Gasteiger partial charge in [0.15, 0.2) is 6.10 Å². The zero-order valence-electron chi connectivity index (χ0n) is 46.9. The van der Waals surface area contributed by atoms with E-state index < -0.39 is 6.10 Å². The summed E-state index contributed by atoms with van der Waals surface area (Å²) in [5.74, 6) is -0.949. The number of rotatable bonds is 53. The summed E-state index contributed by atoms with van der Waals surface area (Å²) in [6.07, 6.45) is 80.9. The molecule has 0 N–H and O–H groups in total. The summed E-state index contributed by atoms with van der Waals surface area (Å²) in [5.41, 5.74) is 0. The van der Waals surface area contributed by atoms with E-state index in [0.29, 0.717) is 19.3 Å². The van der Waals surface area contributed by atoms with Crippen LogP contribution in [-0.2, 0) is 28.6 Å². The summed E-state index contributed by atoms with van der Waals surface area (Å²) in [5, 5.41) is 0. The summed E-state index contributed by atoms with van der Waals surface area (Å²) in [6.45, 7) is 6.37. The average molecular weight is 1000 g/mol. The minimum Gasteiger partial charge on any atom is -0.462 e. The van der Waals surface area contributed by atoms with Gasteiger partial charge in [0.1, 0.15) is 13.2 Å². The molecule has 0 rings (SSSR count). The zero-order valence-corrected chi connectivity index (χ0v) is 46.9. The number of hydrogen-bond donors (Lipinski definition) is 0. The van der Waals surface area contributed by atoms with Crippen molar-refractivity contribution in [1.29, 1.82) is 0 Å². The van der Waals surface area contributed by atoms with Crippen molar-refractivity contribution in [3.05, 3.63) is 109 Å². The molecule has 0 aromatic carbocycles. The van der Waals surface area contributed by atoms with Gasteiger partial charge < -0.3 is 14.2 Å². The van der Waals surface area contributed by atoms with Crippen LogP contribution in [0, 0.1) is 0 Å². The molecule has 0 aliphatic carbocycles. The Bertz CT molecular complexity index is 1470. The Morgan fingerprint density at radius 1 is 0.292 bits per heavy atom. The van der Waals surface area contributed by atoms with Crippen molar-refractivity contribution >= 4 is 17.9 Å². The second-order valence-corrected chi connectivity index (χ2v) is 19.5. The first-order valence-corrected chi connectivity index (χ1v) is 29.9. The fourth-order valence-corrected chi connectivity index (χ4v) is 8.07. The normalized spacial score (nSPS) is 12.9. The number of unbranched alkanes of at least 4 members (excludes halogenated alkanes) is 24. The molecule has 0 saturated carbocycles. The van der Waals surface area contributed by atoms with Crippen molar-refractivity contribution in [1.82, 2.24) is 0 Å². The van der Waals surface area contributed by atoms with Crippen LogP contribution in [-0.4, -0.2) is 37.2 Å². The summed E-state index contributed by atoms with van der Waals surface area (Å²) in [6, 6.07) is 0. The molecule has 0 saturated heterocycles. The number of ether oxygens (including phenoxy) is 3. The first-order chi connectivity index (χ1) is 35.5. The molecule has 6 nitrogen and oxygen atoms in total. The van der Waals surface area contributed by atoms with E-state index in [2.05, 4.69) is 130 Å². The Morgan fingerprint density at radius 3 is 0.889 bits per heavy atom. The first-order valence-electron chi connectivity index (χ1n) is 29.9. The molecule has 1 unspecified atom stereocenters. The molecule has 1 atom stereocenters. The lowest BCUT2D eigenvalue weighted by Crippen LogP contribution is -2.30. The molecule has 410 valence electrons. The Kier molecular flexibility index (Phi) is 56.4. The SMILES string of the molecule is CC/C=C\C/C=C\C/C=C\C/C=C\CCCCCCCCCCCCCCC(=O)OCC(COC(=O)CCCCCCC/C=C\CCCCCCC)OC(=O)CCCC/C=C\C/C=C\C/C=C\C/C=C\CC. The average Bonchev–Trinajstić information content (AvgIpc) is 3.38. The van der Waals surface area contributed by atoms with E-state index in [4.69, 9.17) is 14.2 Å². The van der Waals surface area contributed by atoms with Gasteiger partial charge in [-0.3, -0.25) is 14.4 Å². The summed E-state index contributed by atoms with van der Waals surface area (Å²) >= 11 is 0. The molecular weight excluding hydrogens is 889 g/mol. The molecule has 0 fully saturated rings. The van der Waals surface area contributed by atoms with Gasteiger partial charge in [-0.1, -0.05) is 239 Å². The molecule has 0 amide bonds. The highest BCUT2D eigenvalue weighted by molar-refractivity contribution is 5.71. The van der Waals surface area contributed by atoms with Gasteiger partial charge in [0.2, 0.25) is 0 Å². The van der Waals surface area contributed by atoms with Crippen LogP contribution >= 0.6 is 0 Å². The molecular formula is C66H110O6. The monoisotopic (exact) mass is 999 g/mol. The quantitative estimate of drug-likeness (QED) is 0.0261. The zero-order chi connectivity index (χ0) is 52.2. The highest BCUT2D eigenvalue weighted by Gasteiger charge is 2.19. The largest absolute Gasteiger partial charge is 0.462 e. The number of carbonyl (C=O) groups is 3. The van der Waals surface area contributed by atoms with Gasteiger partial charge in [-0.25, -0.2) is 0 Å². The van der Waals surface area contributed by atoms with Crippen LogP contribution in [0.25, 0.3) is 0 Å². The van der Waals surface area contributed by atoms with Crippen LogP contribution in [0.1, 0.15) is 271 Å². The lowest BCUT2D eigenvalue weighted by Gasteiger charge is -2.18. The molecule has 0 aliphatic heterocycles. The second kappa shape index (κ2) is 59.6. The molecule has 0 aromatic heterocycles. The summed E-state index contributed by atoms with van der Waals surface area (Å²) in [7, 11) is 0. The van der Waals surface area contributed by atoms with Crippen molar-refractivity contribution < 1.29 is 28.6 Å². The number of allylic oxidation sites excluding steroid dienone is 18. The van der Waals surface area contributed by atoms with E-state index in [1.54, 1.807) is 0 Å². The number of carbonyl (C=O) groups excluding carboxylic acids is 3. The fraction of sp³-hybridized carbons (Fsp3) is 0.682. The van der Waals surface area contributed by atoms with Gasteiger partial charge in [-0.15, -0.1) is 0 Å². The van der Waals surface area contributed by atoms with E-state index >= 15 is 0 Å². The lowest BCUT2D eigenvalue weighted by molar-refractivity contribution is -0.167. The fourth-order valence-electron chi connectivity index (χ4n) is 8.07. The van der Waals surface area contributed by atoms with E-state index in [1.807, 2.05) is 0 Å². The predicted molar refractivity (Wildman–Crippen MR) is 311 cm³/mol. The maximum Gasteiger partial charge on any atom is 0.306 e. The first kappa shape index (κ1) is 68.1. The van der Waals surface area contributed by atoms with Gasteiger partial charge in [-0.2, -0.15) is 0 Å². The van der Waals surface area contributed by atoms with Crippen LogP contribution in [0.2, 0.25) is 0 Å². The van der Waals surface area contributed by atoms with Crippen LogP contribution in [0.3, 0.4) is 0 Å². The molecule has 6 heteroatoms. The lowest BCUT2D eigenvalue weighted by atomic mass is 10.0. The molecule has 72 heavy (non-hydrogen) atoms. The van der Waals surface area contributed by atoms with Gasteiger partial charge in [-0.05, 0) is 122 Å². The van der Waals surface area contributed by atoms with Gasteiger partial charge in [0.25, 0.3) is 0 Å². The minimum atomic E-state index is -0.805. The van der Waals surface area contributed by atoms with Crippen molar-refractivity contribution in [2.75, 3.05) is 13.2 Å². The van der Waals surface area contributed by atoms with Gasteiger partial charge in [0, 0.05) is 19.3 Å². The maximum atomic E-state index is 12.8. The van der Waals surface area contributed by atoms with Crippen LogP contribution < -0.4 is 0 Å². The molecule has 0 radical (unpaired) electrons. The van der Waals surface area contributed by atoms with Crippen molar-refractivity contribution in [3.63, 3.8) is 0 Å². The number of esters is 3. The van der Waals surface area contributed by atoms with E-state index in [1.165, 1.54) is 109 Å². The molecule has 0 bridgehead atoms. The van der Waals surface area contributed by atoms with Gasteiger partial charge in [0.05, 0.1) is 0 Å². The maximum absolute atomic E-state index is 12.8. The minimum absolute atomic E-state index is 0.0988. The Hall–Kier alpha value is -3.93. The topological polar surface area (TPSA) is 78.9 Å². The highest BCUT2D eigenvalue weighted by atomic mass is 16.6. The number of hydrogen-bond acceptors (Lipinski definition) is 6. The predicted octanol–water partition coefficient (Wildman–Crippen LogP) is 20.3. The van der Waals surface area contributed by atoms with Crippen LogP contribution in [0.4, 0.5) is 0 Å². The summed E-state index contributed by atoms with van der Waals surface area (Å²) < 4.78 is 16.8. The molecule has 0 aromatic rings. The second-order valence-electron chi connectivity index (χ2n) is 19.5. The Balaban J connectivity index is 4.36. The molecule has 0 heterocycles. The van der Waals surface area contributed by atoms with Crippen molar-refractivity contribution in [2.24, 2.45) is 0 Å². The standard InChI is InChI=1S/C66H110O6/c1-4-7-10-13-16-19-22-25-28-29-30-31-32-33-34-35-36-37-39-41-44-47-50-53-56-59-65(68)71-62-63(61-70-64(67)58-55-52-49-46-43-40-27-24-21-18-15-12-9-6-3)72-66(69)60-57-54-51-48-45-42-38-26-23-20-17-14-11-8-5-2/h7-8,10-11,16-17,19-20,24-28,30-31,38,45,48,63H,4-6,9,12-15,18,21-23,29,32-37,39-44,46-47,49-62H2,1-3H3/b10-7-,11-8-,19-16-,20-17-,27-24-,28-25-,31-30-,38-26-,48-45-. The highest BCUT2D eigenvalue weighted by Crippen LogP contribution is 2.15. The Morgan fingerprint density at radius 2 is 0.542 bits per heavy atom. The van der Waals surface area contributed by atoms with Crippen molar-refractivity contribution in [3.8, 4) is 0 Å². The van der Waals surface area contributed by atoms with E-state index in [9.17, 15) is 14.4 Å². The Labute approximate surface area is 444 Å². The van der Waals surface area contributed by atoms with E-state index in [0.717, 1.165) is 116 Å². The van der Waals surface area contributed by atoms with Crippen LogP contribution in [0.5, 0.6) is 0 Å². The molecule has 0 spiro atoms. The molecule has 0 aliphatic rings. The van der Waals surface area contributed by atoms with Crippen molar-refractivity contribution in [2.45, 2.75) is 277 Å². The van der Waals surface area contributed by atoms with E-state index in [-0.39, 0.29) is 37.5 Å². The smallest absolute Gasteiger partial charge is 0.306 e. The third kappa shape index (κ3) is 57.0. The third-order valence-electron chi connectivity index (χ3n) is 12.5.